The summed E-state index contributed by atoms with van der Waals surface area (Å²) in [4.78, 5) is 21.9. The van der Waals surface area contributed by atoms with Gasteiger partial charge in [0.25, 0.3) is 5.91 Å². The number of aromatic nitrogens is 4. The van der Waals surface area contributed by atoms with Crippen LogP contribution in [0.2, 0.25) is 0 Å². The van der Waals surface area contributed by atoms with Crippen LogP contribution >= 0.6 is 0 Å². The second-order valence-corrected chi connectivity index (χ2v) is 7.77. The van der Waals surface area contributed by atoms with Crippen LogP contribution < -0.4 is 10.2 Å². The number of hydroxylamine groups is 1. The first-order chi connectivity index (χ1) is 16.0. The summed E-state index contributed by atoms with van der Waals surface area (Å²) in [6, 6.07) is 14.8. The second-order valence-electron chi connectivity index (χ2n) is 7.77. The molecule has 0 saturated carbocycles. The maximum Gasteiger partial charge on any atom is 0.267 e. The summed E-state index contributed by atoms with van der Waals surface area (Å²) in [5, 5.41) is 8.36. The van der Waals surface area contributed by atoms with Crippen molar-refractivity contribution in [3.8, 4) is 5.75 Å². The highest BCUT2D eigenvalue weighted by Crippen LogP contribution is 2.28. The van der Waals surface area contributed by atoms with Crippen LogP contribution in [-0.2, 0) is 16.2 Å². The molecule has 9 heteroatoms. The maximum absolute atomic E-state index is 12.1. The fraction of sp³-hybridized carbons (Fsp3) is 0.250. The number of nitrogens with one attached hydrogen (secondary N) is 1. The lowest BCUT2D eigenvalue weighted by Gasteiger charge is -2.16. The Bertz CT molecular complexity index is 1210. The van der Waals surface area contributed by atoms with E-state index in [1.807, 2.05) is 48.5 Å². The highest BCUT2D eigenvalue weighted by atomic mass is 16.6. The van der Waals surface area contributed by atoms with Crippen LogP contribution in [0.1, 0.15) is 37.0 Å². The Morgan fingerprint density at radius 2 is 1.97 bits per heavy atom. The second kappa shape index (κ2) is 10.1. The summed E-state index contributed by atoms with van der Waals surface area (Å²) in [7, 11) is 1.61. The molecule has 4 rings (SSSR count). The number of hydrogen-bond acceptors (Lipinski definition) is 7. The number of rotatable bonds is 9. The number of nitrogens with zero attached hydrogens (tertiary/aromatic N) is 4. The molecular weight excluding hydrogens is 422 g/mol. The first kappa shape index (κ1) is 22.2. The molecule has 0 aliphatic heterocycles. The lowest BCUT2D eigenvalue weighted by atomic mass is 10.0. The molecule has 2 aromatic carbocycles. The van der Waals surface area contributed by atoms with Crippen LogP contribution in [0.25, 0.3) is 17.2 Å². The molecule has 0 radical (unpaired) electrons. The molecular formula is C24H25N5O4. The minimum atomic E-state index is -0.405. The molecule has 170 valence electrons. The van der Waals surface area contributed by atoms with Crippen LogP contribution in [0.15, 0.2) is 65.2 Å². The molecule has 1 amide bonds. The molecule has 33 heavy (non-hydrogen) atoms. The largest absolute Gasteiger partial charge is 0.497 e. The van der Waals surface area contributed by atoms with Crippen LogP contribution in [-0.4, -0.2) is 33.0 Å². The fourth-order valence-electron chi connectivity index (χ4n) is 3.33. The van der Waals surface area contributed by atoms with Gasteiger partial charge < -0.3 is 9.15 Å². The average Bonchev–Trinajstić information content (AvgIpc) is 3.45. The van der Waals surface area contributed by atoms with E-state index in [-0.39, 0.29) is 18.6 Å². The molecule has 4 aromatic rings. The molecule has 2 aromatic heterocycles. The van der Waals surface area contributed by atoms with Gasteiger partial charge in [0.15, 0.2) is 5.58 Å². The topological polar surface area (TPSA) is 104 Å². The van der Waals surface area contributed by atoms with E-state index in [0.29, 0.717) is 11.6 Å². The molecule has 9 nitrogen and oxygen atoms in total. The van der Waals surface area contributed by atoms with E-state index in [9.17, 15) is 4.79 Å². The molecule has 0 aliphatic rings. The Kier molecular flexibility index (Phi) is 6.80. The van der Waals surface area contributed by atoms with Gasteiger partial charge in [0.05, 0.1) is 19.9 Å². The molecule has 2 heterocycles. The maximum atomic E-state index is 12.1. The Hall–Kier alpha value is -3.98. The minimum Gasteiger partial charge on any atom is -0.497 e. The summed E-state index contributed by atoms with van der Waals surface area (Å²) in [5.41, 5.74) is 5.34. The molecule has 0 saturated heterocycles. The molecule has 0 fully saturated rings. The lowest BCUT2D eigenvalue weighted by molar-refractivity contribution is -0.129. The summed E-state index contributed by atoms with van der Waals surface area (Å²) in [6.45, 7) is 4.36. The van der Waals surface area contributed by atoms with Crippen LogP contribution in [0.3, 0.4) is 0 Å². The van der Waals surface area contributed by atoms with Crippen molar-refractivity contribution in [1.82, 2.24) is 25.5 Å². The SMILES string of the molecule is COc1ccc(CONC(=O)/C=C/c2cn([C@H](c3nc4ccccc4o3)C(C)C)nn2)cc1. The van der Waals surface area contributed by atoms with Gasteiger partial charge in [-0.15, -0.1) is 5.10 Å². The number of ether oxygens (including phenoxy) is 1. The van der Waals surface area contributed by atoms with Gasteiger partial charge in [0.1, 0.15) is 23.0 Å². The van der Waals surface area contributed by atoms with Crippen LogP contribution in [0, 0.1) is 5.92 Å². The van der Waals surface area contributed by atoms with Gasteiger partial charge >= 0.3 is 0 Å². The van der Waals surface area contributed by atoms with Gasteiger partial charge in [-0.3, -0.25) is 9.63 Å². The number of para-hydroxylation sites is 2. The van der Waals surface area contributed by atoms with E-state index in [1.54, 1.807) is 24.1 Å². The Balaban J connectivity index is 1.36. The standard InChI is InChI=1S/C24H25N5O4/c1-16(2)23(24-25-20-6-4-5-7-21(20)33-24)29-14-18(26-28-29)10-13-22(30)27-32-15-17-8-11-19(31-3)12-9-17/h4-14,16,23H,15H2,1-3H3,(H,27,30)/b13-10+/t23-/m0/s1. The van der Waals surface area contributed by atoms with Gasteiger partial charge in [0.2, 0.25) is 5.89 Å². The molecule has 0 bridgehead atoms. The number of carbonyl (C=O) groups excluding carboxylic acids is 1. The predicted octanol–water partition coefficient (Wildman–Crippen LogP) is 3.93. The van der Waals surface area contributed by atoms with E-state index >= 15 is 0 Å². The number of amides is 1. The zero-order valence-electron chi connectivity index (χ0n) is 18.6. The number of benzene rings is 2. The average molecular weight is 447 g/mol. The van der Waals surface area contributed by atoms with E-state index < -0.39 is 5.91 Å². The van der Waals surface area contributed by atoms with Gasteiger partial charge in [-0.25, -0.2) is 15.1 Å². The summed E-state index contributed by atoms with van der Waals surface area (Å²) in [6.07, 6.45) is 4.66. The molecule has 0 aliphatic carbocycles. The number of oxazole rings is 1. The lowest BCUT2D eigenvalue weighted by Crippen LogP contribution is -2.21. The van der Waals surface area contributed by atoms with Gasteiger partial charge in [-0.05, 0) is 41.8 Å². The first-order valence-corrected chi connectivity index (χ1v) is 10.5. The molecule has 0 unspecified atom stereocenters. The fourth-order valence-corrected chi connectivity index (χ4v) is 3.33. The number of hydrogen-bond donors (Lipinski definition) is 1. The normalized spacial score (nSPS) is 12.5. The molecule has 1 N–H and O–H groups in total. The first-order valence-electron chi connectivity index (χ1n) is 10.5. The van der Waals surface area contributed by atoms with E-state index in [1.165, 1.54) is 6.08 Å². The van der Waals surface area contributed by atoms with E-state index in [0.717, 1.165) is 22.4 Å². The summed E-state index contributed by atoms with van der Waals surface area (Å²) in [5.74, 6) is 1.08. The van der Waals surface area contributed by atoms with Crippen molar-refractivity contribution in [1.29, 1.82) is 0 Å². The quantitative estimate of drug-likeness (QED) is 0.306. The molecule has 1 atom stereocenters. The van der Waals surface area contributed by atoms with Crippen LogP contribution in [0.4, 0.5) is 0 Å². The summed E-state index contributed by atoms with van der Waals surface area (Å²) < 4.78 is 12.8. The van der Waals surface area contributed by atoms with E-state index in [2.05, 4.69) is 34.6 Å². The van der Waals surface area contributed by atoms with Crippen molar-refractivity contribution in [2.75, 3.05) is 7.11 Å². The highest BCUT2D eigenvalue weighted by molar-refractivity contribution is 5.90. The highest BCUT2D eigenvalue weighted by Gasteiger charge is 2.25. The third kappa shape index (κ3) is 5.45. The Labute approximate surface area is 191 Å². The van der Waals surface area contributed by atoms with Crippen molar-refractivity contribution < 1.29 is 18.8 Å². The van der Waals surface area contributed by atoms with Crippen molar-refractivity contribution >= 4 is 23.1 Å². The number of carbonyl (C=O) groups is 1. The van der Waals surface area contributed by atoms with Gasteiger partial charge in [-0.1, -0.05) is 43.3 Å². The van der Waals surface area contributed by atoms with Crippen molar-refractivity contribution in [3.63, 3.8) is 0 Å². The predicted molar refractivity (Wildman–Crippen MR) is 122 cm³/mol. The minimum absolute atomic E-state index is 0.159. The molecule has 0 spiro atoms. The van der Waals surface area contributed by atoms with Crippen molar-refractivity contribution in [3.05, 3.63) is 78.0 Å². The number of fused-ring (bicyclic) bond motifs is 1. The Morgan fingerprint density at radius 3 is 2.70 bits per heavy atom. The Morgan fingerprint density at radius 1 is 1.18 bits per heavy atom. The third-order valence-electron chi connectivity index (χ3n) is 4.98. The van der Waals surface area contributed by atoms with Crippen molar-refractivity contribution in [2.45, 2.75) is 26.5 Å². The monoisotopic (exact) mass is 447 g/mol. The van der Waals surface area contributed by atoms with Crippen molar-refractivity contribution in [2.24, 2.45) is 5.92 Å². The zero-order valence-corrected chi connectivity index (χ0v) is 18.6. The van der Waals surface area contributed by atoms with Crippen LogP contribution in [0.5, 0.6) is 5.75 Å². The van der Waals surface area contributed by atoms with Gasteiger partial charge in [0, 0.05) is 6.08 Å². The third-order valence-corrected chi connectivity index (χ3v) is 4.98. The number of methoxy groups -OCH3 is 1. The summed E-state index contributed by atoms with van der Waals surface area (Å²) >= 11 is 0. The van der Waals surface area contributed by atoms with Gasteiger partial charge in [-0.2, -0.15) is 0 Å². The zero-order chi connectivity index (χ0) is 23.2. The smallest absolute Gasteiger partial charge is 0.267 e. The van der Waals surface area contributed by atoms with E-state index in [4.69, 9.17) is 14.0 Å².